The minimum absolute atomic E-state index is 0.827. The maximum Gasteiger partial charge on any atom is 0.0438 e. The van der Waals surface area contributed by atoms with E-state index in [9.17, 15) is 0 Å². The Kier molecular flexibility index (Phi) is 3.15. The normalized spacial score (nSPS) is 10.6. The van der Waals surface area contributed by atoms with Crippen LogP contribution in [0.4, 0.5) is 5.69 Å². The van der Waals surface area contributed by atoms with Crippen LogP contribution >= 0.6 is 0 Å². The Labute approximate surface area is 113 Å². The highest BCUT2D eigenvalue weighted by molar-refractivity contribution is 5.95. The van der Waals surface area contributed by atoms with Crippen molar-refractivity contribution in [3.8, 4) is 0 Å². The van der Waals surface area contributed by atoms with E-state index in [0.717, 1.165) is 12.2 Å². The van der Waals surface area contributed by atoms with Crippen molar-refractivity contribution in [2.45, 2.75) is 13.5 Å². The topological polar surface area (TPSA) is 24.9 Å². The van der Waals surface area contributed by atoms with E-state index in [2.05, 4.69) is 59.7 Å². The van der Waals surface area contributed by atoms with Gasteiger partial charge in [-0.3, -0.25) is 4.98 Å². The molecule has 94 valence electrons. The van der Waals surface area contributed by atoms with Crippen LogP contribution in [-0.2, 0) is 6.54 Å². The van der Waals surface area contributed by atoms with Crippen molar-refractivity contribution in [1.82, 2.24) is 4.98 Å². The lowest BCUT2D eigenvalue weighted by atomic mass is 10.1. The van der Waals surface area contributed by atoms with Gasteiger partial charge in [0.2, 0.25) is 0 Å². The fourth-order valence-electron chi connectivity index (χ4n) is 2.29. The van der Waals surface area contributed by atoms with Gasteiger partial charge in [0.05, 0.1) is 0 Å². The van der Waals surface area contributed by atoms with Gasteiger partial charge in [-0.05, 0) is 29.5 Å². The van der Waals surface area contributed by atoms with Crippen molar-refractivity contribution in [3.05, 3.63) is 72.1 Å². The third kappa shape index (κ3) is 2.43. The maximum atomic E-state index is 4.29. The molecule has 0 aliphatic heterocycles. The molecule has 0 radical (unpaired) electrons. The van der Waals surface area contributed by atoms with E-state index in [0.29, 0.717) is 0 Å². The Bertz CT molecular complexity index is 690. The van der Waals surface area contributed by atoms with Crippen molar-refractivity contribution in [1.29, 1.82) is 0 Å². The van der Waals surface area contributed by atoms with Crippen LogP contribution < -0.4 is 5.32 Å². The zero-order valence-electron chi connectivity index (χ0n) is 10.9. The second-order valence-corrected chi connectivity index (χ2v) is 4.70. The second kappa shape index (κ2) is 5.11. The molecule has 2 heteroatoms. The highest BCUT2D eigenvalue weighted by atomic mass is 14.9. The van der Waals surface area contributed by atoms with Crippen molar-refractivity contribution in [3.63, 3.8) is 0 Å². The molecule has 0 aliphatic carbocycles. The summed E-state index contributed by atoms with van der Waals surface area (Å²) in [5.41, 5.74) is 3.62. The Balaban J connectivity index is 1.91. The third-order valence-corrected chi connectivity index (χ3v) is 3.33. The van der Waals surface area contributed by atoms with E-state index < -0.39 is 0 Å². The van der Waals surface area contributed by atoms with Gasteiger partial charge in [-0.25, -0.2) is 0 Å². The summed E-state index contributed by atoms with van der Waals surface area (Å²) in [6.45, 7) is 2.92. The predicted molar refractivity (Wildman–Crippen MR) is 80.2 cm³/mol. The first kappa shape index (κ1) is 11.7. The first-order chi connectivity index (χ1) is 9.34. The molecule has 0 atom stereocenters. The van der Waals surface area contributed by atoms with Gasteiger partial charge in [-0.2, -0.15) is 0 Å². The fourth-order valence-corrected chi connectivity index (χ4v) is 2.29. The van der Waals surface area contributed by atoms with Crippen molar-refractivity contribution < 1.29 is 0 Å². The highest BCUT2D eigenvalue weighted by Gasteiger charge is 2.02. The molecule has 0 spiro atoms. The number of hydrogen-bond acceptors (Lipinski definition) is 2. The number of aromatic nitrogens is 1. The summed E-state index contributed by atoms with van der Waals surface area (Å²) in [6, 6.07) is 16.7. The number of rotatable bonds is 3. The smallest absolute Gasteiger partial charge is 0.0438 e. The monoisotopic (exact) mass is 248 g/mol. The molecule has 0 amide bonds. The summed E-state index contributed by atoms with van der Waals surface area (Å²) >= 11 is 0. The van der Waals surface area contributed by atoms with Crippen LogP contribution in [0.3, 0.4) is 0 Å². The van der Waals surface area contributed by atoms with Crippen LogP contribution in [-0.4, -0.2) is 4.98 Å². The van der Waals surface area contributed by atoms with Crippen LogP contribution in [0.15, 0.2) is 60.9 Å². The molecule has 0 saturated heterocycles. The summed E-state index contributed by atoms with van der Waals surface area (Å²) in [5, 5.41) is 5.93. The molecule has 1 N–H and O–H groups in total. The van der Waals surface area contributed by atoms with Crippen LogP contribution in [0, 0.1) is 6.92 Å². The minimum Gasteiger partial charge on any atom is -0.380 e. The first-order valence-electron chi connectivity index (χ1n) is 6.46. The summed E-state index contributed by atoms with van der Waals surface area (Å²) in [6.07, 6.45) is 3.83. The van der Waals surface area contributed by atoms with Gasteiger partial charge in [-0.15, -0.1) is 0 Å². The van der Waals surface area contributed by atoms with E-state index in [4.69, 9.17) is 0 Å². The Morgan fingerprint density at radius 3 is 2.58 bits per heavy atom. The van der Waals surface area contributed by atoms with E-state index in [-0.39, 0.29) is 0 Å². The number of benzene rings is 2. The molecular formula is C17H16N2. The minimum atomic E-state index is 0.827. The van der Waals surface area contributed by atoms with Crippen LogP contribution in [0.5, 0.6) is 0 Å². The molecule has 19 heavy (non-hydrogen) atoms. The Morgan fingerprint density at radius 1 is 0.895 bits per heavy atom. The van der Waals surface area contributed by atoms with E-state index in [1.807, 2.05) is 18.5 Å². The highest BCUT2D eigenvalue weighted by Crippen LogP contribution is 2.25. The van der Waals surface area contributed by atoms with Gasteiger partial charge in [0.25, 0.3) is 0 Å². The fraction of sp³-hybridized carbons (Fsp3) is 0.118. The quantitative estimate of drug-likeness (QED) is 0.753. The van der Waals surface area contributed by atoms with Crippen LogP contribution in [0.1, 0.15) is 11.1 Å². The molecule has 0 saturated carbocycles. The molecule has 0 fully saturated rings. The lowest BCUT2D eigenvalue weighted by Crippen LogP contribution is -2.00. The Morgan fingerprint density at radius 2 is 1.74 bits per heavy atom. The van der Waals surface area contributed by atoms with Gasteiger partial charge >= 0.3 is 0 Å². The van der Waals surface area contributed by atoms with Crippen molar-refractivity contribution in [2.75, 3.05) is 5.32 Å². The summed E-state index contributed by atoms with van der Waals surface area (Å²) < 4.78 is 0. The molecular weight excluding hydrogens is 232 g/mol. The number of anilines is 1. The molecule has 1 heterocycles. The van der Waals surface area contributed by atoms with Crippen LogP contribution in [0.2, 0.25) is 0 Å². The molecule has 3 rings (SSSR count). The van der Waals surface area contributed by atoms with Gasteiger partial charge in [0, 0.05) is 30.0 Å². The van der Waals surface area contributed by atoms with Gasteiger partial charge < -0.3 is 5.32 Å². The molecule has 1 aromatic heterocycles. The average Bonchev–Trinajstić information content (AvgIpc) is 2.47. The van der Waals surface area contributed by atoms with Gasteiger partial charge in [0.1, 0.15) is 0 Å². The third-order valence-electron chi connectivity index (χ3n) is 3.33. The molecule has 0 bridgehead atoms. The number of aryl methyl sites for hydroxylation is 1. The van der Waals surface area contributed by atoms with Crippen LogP contribution in [0.25, 0.3) is 10.8 Å². The maximum absolute atomic E-state index is 4.29. The number of pyridine rings is 1. The number of fused-ring (bicyclic) bond motifs is 1. The van der Waals surface area contributed by atoms with Gasteiger partial charge in [0.15, 0.2) is 0 Å². The standard InChI is InChI=1S/C17H16N2/c1-13-10-18-12-16-15(13)8-5-9-17(16)19-11-14-6-3-2-4-7-14/h2-10,12,19H,11H2,1H3. The molecule has 3 aromatic rings. The molecule has 0 unspecified atom stereocenters. The van der Waals surface area contributed by atoms with Gasteiger partial charge in [-0.1, -0.05) is 42.5 Å². The molecule has 2 aromatic carbocycles. The summed E-state index contributed by atoms with van der Waals surface area (Å²) in [4.78, 5) is 4.29. The summed E-state index contributed by atoms with van der Waals surface area (Å²) in [7, 11) is 0. The molecule has 0 aliphatic rings. The second-order valence-electron chi connectivity index (χ2n) is 4.70. The zero-order chi connectivity index (χ0) is 13.1. The largest absolute Gasteiger partial charge is 0.380 e. The van der Waals surface area contributed by atoms with Crippen molar-refractivity contribution >= 4 is 16.5 Å². The molecule has 2 nitrogen and oxygen atoms in total. The SMILES string of the molecule is Cc1cncc2c(NCc3ccccc3)cccc12. The summed E-state index contributed by atoms with van der Waals surface area (Å²) in [5.74, 6) is 0. The van der Waals surface area contributed by atoms with E-state index >= 15 is 0 Å². The zero-order valence-corrected chi connectivity index (χ0v) is 10.9. The lowest BCUT2D eigenvalue weighted by molar-refractivity contribution is 1.15. The van der Waals surface area contributed by atoms with E-state index in [1.165, 1.54) is 21.9 Å². The lowest BCUT2D eigenvalue weighted by Gasteiger charge is -2.10. The van der Waals surface area contributed by atoms with E-state index in [1.54, 1.807) is 0 Å². The van der Waals surface area contributed by atoms with Crippen molar-refractivity contribution in [2.24, 2.45) is 0 Å². The predicted octanol–water partition coefficient (Wildman–Crippen LogP) is 4.16. The first-order valence-corrected chi connectivity index (χ1v) is 6.46. The number of nitrogens with one attached hydrogen (secondary N) is 1. The Hall–Kier alpha value is -2.35. The number of nitrogens with zero attached hydrogens (tertiary/aromatic N) is 1. The average molecular weight is 248 g/mol. The number of hydrogen-bond donors (Lipinski definition) is 1.